The van der Waals surface area contributed by atoms with Crippen LogP contribution in [0.1, 0.15) is 12.8 Å². The third-order valence-electron chi connectivity index (χ3n) is 4.34. The van der Waals surface area contributed by atoms with Crippen molar-refractivity contribution in [3.8, 4) is 11.4 Å². The Balaban J connectivity index is 1.44. The molecule has 2 aromatic rings. The van der Waals surface area contributed by atoms with Gasteiger partial charge in [-0.15, -0.1) is 0 Å². The lowest BCUT2D eigenvalue weighted by Crippen LogP contribution is -2.40. The predicted molar refractivity (Wildman–Crippen MR) is 110 cm³/mol. The number of nitrogens with zero attached hydrogens (tertiary/aromatic N) is 4. The summed E-state index contributed by atoms with van der Waals surface area (Å²) in [5.41, 5.74) is 0.880. The smallest absolute Gasteiger partial charge is 0.228 e. The Hall–Kier alpha value is -2.16. The average Bonchev–Trinajstić information content (AvgIpc) is 3.18. The quantitative estimate of drug-likeness (QED) is 0.510. The molecule has 28 heavy (non-hydrogen) atoms. The van der Waals surface area contributed by atoms with Crippen LogP contribution in [0.25, 0.3) is 11.4 Å². The maximum absolute atomic E-state index is 5.91. The highest BCUT2D eigenvalue weighted by Crippen LogP contribution is 2.18. The van der Waals surface area contributed by atoms with Crippen LogP contribution in [0.4, 0.5) is 0 Å². The molecule has 152 valence electrons. The van der Waals surface area contributed by atoms with Gasteiger partial charge in [-0.25, -0.2) is 0 Å². The zero-order valence-corrected chi connectivity index (χ0v) is 16.9. The number of halogens is 1. The SMILES string of the molecule is CCNC(=NCCN1CCOCC1)NCCc1nc(-c2ccc(Cl)cc2)no1. The van der Waals surface area contributed by atoms with Gasteiger partial charge in [0.2, 0.25) is 11.7 Å². The van der Waals surface area contributed by atoms with Gasteiger partial charge in [-0.1, -0.05) is 16.8 Å². The summed E-state index contributed by atoms with van der Waals surface area (Å²) in [4.78, 5) is 11.4. The maximum Gasteiger partial charge on any atom is 0.228 e. The summed E-state index contributed by atoms with van der Waals surface area (Å²) in [7, 11) is 0. The molecule has 3 rings (SSSR count). The highest BCUT2D eigenvalue weighted by atomic mass is 35.5. The molecule has 0 saturated carbocycles. The molecule has 0 radical (unpaired) electrons. The molecule has 1 aliphatic rings. The summed E-state index contributed by atoms with van der Waals surface area (Å²) in [5.74, 6) is 1.95. The van der Waals surface area contributed by atoms with E-state index in [4.69, 9.17) is 20.9 Å². The summed E-state index contributed by atoms with van der Waals surface area (Å²) < 4.78 is 10.7. The van der Waals surface area contributed by atoms with Gasteiger partial charge in [0.25, 0.3) is 0 Å². The molecular formula is C19H27ClN6O2. The highest BCUT2D eigenvalue weighted by molar-refractivity contribution is 6.30. The molecule has 1 saturated heterocycles. The van der Waals surface area contributed by atoms with E-state index >= 15 is 0 Å². The summed E-state index contributed by atoms with van der Waals surface area (Å²) in [5, 5.41) is 11.3. The van der Waals surface area contributed by atoms with Crippen LogP contribution in [0, 0.1) is 0 Å². The number of morpholine rings is 1. The lowest BCUT2D eigenvalue weighted by Gasteiger charge is -2.25. The largest absolute Gasteiger partial charge is 0.379 e. The fourth-order valence-electron chi connectivity index (χ4n) is 2.83. The van der Waals surface area contributed by atoms with Crippen molar-refractivity contribution in [1.29, 1.82) is 0 Å². The Morgan fingerprint density at radius 3 is 2.75 bits per heavy atom. The van der Waals surface area contributed by atoms with Crippen LogP contribution in [0.2, 0.25) is 5.02 Å². The van der Waals surface area contributed by atoms with Crippen molar-refractivity contribution in [2.24, 2.45) is 4.99 Å². The molecule has 0 aliphatic carbocycles. The number of guanidine groups is 1. The van der Waals surface area contributed by atoms with Crippen molar-refractivity contribution in [2.45, 2.75) is 13.3 Å². The van der Waals surface area contributed by atoms with E-state index in [1.165, 1.54) is 0 Å². The molecule has 0 amide bonds. The van der Waals surface area contributed by atoms with E-state index in [0.29, 0.717) is 29.7 Å². The molecule has 1 aromatic carbocycles. The van der Waals surface area contributed by atoms with E-state index in [1.54, 1.807) is 0 Å². The van der Waals surface area contributed by atoms with Gasteiger partial charge in [-0.3, -0.25) is 9.89 Å². The Kier molecular flexibility index (Phi) is 8.07. The highest BCUT2D eigenvalue weighted by Gasteiger charge is 2.10. The lowest BCUT2D eigenvalue weighted by molar-refractivity contribution is 0.0394. The maximum atomic E-state index is 5.91. The lowest BCUT2D eigenvalue weighted by atomic mass is 10.2. The minimum Gasteiger partial charge on any atom is -0.379 e. The third-order valence-corrected chi connectivity index (χ3v) is 4.59. The Morgan fingerprint density at radius 2 is 2.00 bits per heavy atom. The monoisotopic (exact) mass is 406 g/mol. The van der Waals surface area contributed by atoms with Gasteiger partial charge in [0.05, 0.1) is 19.8 Å². The number of ether oxygens (including phenoxy) is 1. The molecule has 9 heteroatoms. The molecule has 0 bridgehead atoms. The third kappa shape index (κ3) is 6.47. The van der Waals surface area contributed by atoms with E-state index < -0.39 is 0 Å². The standard InChI is InChI=1S/C19H27ClN6O2/c1-2-21-19(23-9-10-26-11-13-27-14-12-26)22-8-7-17-24-18(25-28-17)15-3-5-16(20)6-4-15/h3-6H,2,7-14H2,1H3,(H2,21,22,23). The number of aromatic nitrogens is 2. The summed E-state index contributed by atoms with van der Waals surface area (Å²) in [6.07, 6.45) is 0.620. The molecule has 0 atom stereocenters. The van der Waals surface area contributed by atoms with Crippen molar-refractivity contribution in [2.75, 3.05) is 52.5 Å². The van der Waals surface area contributed by atoms with E-state index in [-0.39, 0.29) is 0 Å². The number of hydrogen-bond donors (Lipinski definition) is 2. The first-order chi connectivity index (χ1) is 13.7. The number of nitrogens with one attached hydrogen (secondary N) is 2. The first-order valence-electron chi connectivity index (χ1n) is 9.65. The number of aliphatic imine (C=N–C) groups is 1. The topological polar surface area (TPSA) is 87.8 Å². The summed E-state index contributed by atoms with van der Waals surface area (Å²) in [6, 6.07) is 7.37. The van der Waals surface area contributed by atoms with Crippen molar-refractivity contribution in [1.82, 2.24) is 25.7 Å². The molecule has 0 unspecified atom stereocenters. The van der Waals surface area contributed by atoms with Crippen LogP contribution in [0.3, 0.4) is 0 Å². The van der Waals surface area contributed by atoms with Gasteiger partial charge in [-0.2, -0.15) is 4.98 Å². The van der Waals surface area contributed by atoms with Crippen LogP contribution in [-0.2, 0) is 11.2 Å². The van der Waals surface area contributed by atoms with E-state index in [9.17, 15) is 0 Å². The second kappa shape index (κ2) is 11.0. The first-order valence-corrected chi connectivity index (χ1v) is 10.0. The molecule has 2 N–H and O–H groups in total. The van der Waals surface area contributed by atoms with Crippen LogP contribution in [0.15, 0.2) is 33.8 Å². The molecule has 8 nitrogen and oxygen atoms in total. The van der Waals surface area contributed by atoms with Crippen LogP contribution in [-0.4, -0.2) is 73.5 Å². The van der Waals surface area contributed by atoms with Crippen molar-refractivity contribution >= 4 is 17.6 Å². The second-order valence-corrected chi connectivity index (χ2v) is 6.85. The van der Waals surface area contributed by atoms with E-state index in [1.807, 2.05) is 24.3 Å². The normalized spacial score (nSPS) is 15.6. The van der Waals surface area contributed by atoms with Crippen molar-refractivity contribution < 1.29 is 9.26 Å². The summed E-state index contributed by atoms with van der Waals surface area (Å²) >= 11 is 5.91. The Morgan fingerprint density at radius 1 is 1.21 bits per heavy atom. The van der Waals surface area contributed by atoms with E-state index in [2.05, 4.69) is 37.6 Å². The Bertz CT molecular complexity index is 743. The molecule has 0 spiro atoms. The zero-order chi connectivity index (χ0) is 19.6. The molecule has 1 aromatic heterocycles. The molecule has 1 fully saturated rings. The van der Waals surface area contributed by atoms with Gasteiger partial charge in [-0.05, 0) is 31.2 Å². The minimum absolute atomic E-state index is 0.567. The average molecular weight is 407 g/mol. The van der Waals surface area contributed by atoms with Gasteiger partial charge in [0.1, 0.15) is 0 Å². The van der Waals surface area contributed by atoms with Crippen molar-refractivity contribution in [3.05, 3.63) is 35.2 Å². The Labute approximate surface area is 170 Å². The van der Waals surface area contributed by atoms with Crippen LogP contribution in [0.5, 0.6) is 0 Å². The summed E-state index contributed by atoms with van der Waals surface area (Å²) in [6.45, 7) is 8.78. The van der Waals surface area contributed by atoms with Crippen LogP contribution >= 0.6 is 11.6 Å². The van der Waals surface area contributed by atoms with Gasteiger partial charge < -0.3 is 19.9 Å². The van der Waals surface area contributed by atoms with Gasteiger partial charge in [0, 0.05) is 49.7 Å². The molecule has 2 heterocycles. The molecular weight excluding hydrogens is 380 g/mol. The molecule has 1 aliphatic heterocycles. The van der Waals surface area contributed by atoms with Crippen LogP contribution < -0.4 is 10.6 Å². The number of rotatable bonds is 8. The number of benzene rings is 1. The first kappa shape index (κ1) is 20.6. The van der Waals surface area contributed by atoms with Crippen molar-refractivity contribution in [3.63, 3.8) is 0 Å². The van der Waals surface area contributed by atoms with Gasteiger partial charge >= 0.3 is 0 Å². The fourth-order valence-corrected chi connectivity index (χ4v) is 2.96. The zero-order valence-electron chi connectivity index (χ0n) is 16.2. The predicted octanol–water partition coefficient (Wildman–Crippen LogP) is 1.82. The van der Waals surface area contributed by atoms with E-state index in [0.717, 1.165) is 57.5 Å². The number of hydrogen-bond acceptors (Lipinski definition) is 6. The second-order valence-electron chi connectivity index (χ2n) is 6.41. The minimum atomic E-state index is 0.567. The fraction of sp³-hybridized carbons (Fsp3) is 0.526. The van der Waals surface area contributed by atoms with Gasteiger partial charge in [0.15, 0.2) is 5.96 Å².